The largest absolute Gasteiger partial charge is 0.464 e. The zero-order valence-electron chi connectivity index (χ0n) is 8.82. The van der Waals surface area contributed by atoms with Gasteiger partial charge in [-0.2, -0.15) is 0 Å². The number of thioether (sulfide) groups is 1. The van der Waals surface area contributed by atoms with Gasteiger partial charge in [-0.05, 0) is 24.3 Å². The summed E-state index contributed by atoms with van der Waals surface area (Å²) in [7, 11) is 1.33. The third kappa shape index (κ3) is 3.13. The number of hydrogen-bond donors (Lipinski definition) is 1. The molecule has 1 rings (SSSR count). The number of esters is 1. The van der Waals surface area contributed by atoms with E-state index in [2.05, 4.69) is 16.6 Å². The highest BCUT2D eigenvalue weighted by Crippen LogP contribution is 2.23. The molecule has 0 atom stereocenters. The van der Waals surface area contributed by atoms with E-state index in [4.69, 9.17) is 5.73 Å². The molecule has 5 heteroatoms. The third-order valence-corrected chi connectivity index (χ3v) is 2.94. The summed E-state index contributed by atoms with van der Waals surface area (Å²) in [5, 5.41) is 0.694. The quantitative estimate of drug-likeness (QED) is 0.628. The lowest BCUT2D eigenvalue weighted by Crippen LogP contribution is -2.06. The second kappa shape index (κ2) is 5.60. The van der Waals surface area contributed by atoms with Crippen molar-refractivity contribution in [2.75, 3.05) is 18.6 Å². The molecule has 0 saturated heterocycles. The number of anilines is 1. The van der Waals surface area contributed by atoms with Crippen LogP contribution in [0.2, 0.25) is 0 Å². The smallest absolute Gasteiger partial charge is 0.356 e. The number of rotatable bonds is 4. The van der Waals surface area contributed by atoms with E-state index in [1.165, 1.54) is 7.11 Å². The van der Waals surface area contributed by atoms with Gasteiger partial charge < -0.3 is 10.5 Å². The Labute approximate surface area is 93.2 Å². The van der Waals surface area contributed by atoms with Gasteiger partial charge in [-0.3, -0.25) is 0 Å². The highest BCUT2D eigenvalue weighted by atomic mass is 32.2. The fourth-order valence-corrected chi connectivity index (χ4v) is 1.78. The van der Waals surface area contributed by atoms with E-state index in [-0.39, 0.29) is 0 Å². The zero-order valence-corrected chi connectivity index (χ0v) is 9.63. The normalized spacial score (nSPS) is 10.0. The van der Waals surface area contributed by atoms with Crippen molar-refractivity contribution in [3.63, 3.8) is 0 Å². The van der Waals surface area contributed by atoms with E-state index in [9.17, 15) is 4.79 Å². The molecule has 0 aliphatic heterocycles. The van der Waals surface area contributed by atoms with Gasteiger partial charge >= 0.3 is 5.97 Å². The Morgan fingerprint density at radius 1 is 1.60 bits per heavy atom. The molecular formula is C10H14N2O2S. The second-order valence-corrected chi connectivity index (χ2v) is 4.01. The molecule has 0 bridgehead atoms. The molecular weight excluding hydrogens is 212 g/mol. The van der Waals surface area contributed by atoms with Crippen LogP contribution in [-0.4, -0.2) is 23.8 Å². The minimum atomic E-state index is -0.437. The van der Waals surface area contributed by atoms with Gasteiger partial charge in [-0.15, -0.1) is 11.8 Å². The van der Waals surface area contributed by atoms with Crippen LogP contribution in [-0.2, 0) is 4.74 Å². The summed E-state index contributed by atoms with van der Waals surface area (Å²) in [5.41, 5.74) is 6.63. The number of nitrogens with two attached hydrogens (primary N) is 1. The summed E-state index contributed by atoms with van der Waals surface area (Å²) in [4.78, 5) is 15.4. The van der Waals surface area contributed by atoms with Crippen LogP contribution in [0.25, 0.3) is 0 Å². The van der Waals surface area contributed by atoms with Crippen molar-refractivity contribution in [3.05, 3.63) is 17.8 Å². The Morgan fingerprint density at radius 2 is 2.33 bits per heavy atom. The summed E-state index contributed by atoms with van der Waals surface area (Å²) >= 11 is 1.55. The molecule has 0 unspecified atom stereocenters. The van der Waals surface area contributed by atoms with Crippen molar-refractivity contribution < 1.29 is 9.53 Å². The molecule has 82 valence electrons. The Hall–Kier alpha value is -1.23. The summed E-state index contributed by atoms with van der Waals surface area (Å²) < 4.78 is 4.58. The average molecular weight is 226 g/mol. The highest BCUT2D eigenvalue weighted by molar-refractivity contribution is 7.99. The molecule has 0 saturated carbocycles. The molecule has 0 radical (unpaired) electrons. The summed E-state index contributed by atoms with van der Waals surface area (Å²) in [6.45, 7) is 2.08. The van der Waals surface area contributed by atoms with Crippen molar-refractivity contribution in [1.29, 1.82) is 0 Å². The van der Waals surface area contributed by atoms with Gasteiger partial charge in [0.2, 0.25) is 0 Å². The number of aromatic nitrogens is 1. The predicted octanol–water partition coefficient (Wildman–Crippen LogP) is 1.95. The highest BCUT2D eigenvalue weighted by Gasteiger charge is 2.10. The van der Waals surface area contributed by atoms with Crippen LogP contribution in [0.15, 0.2) is 17.2 Å². The van der Waals surface area contributed by atoms with Gasteiger partial charge in [0, 0.05) is 0 Å². The zero-order chi connectivity index (χ0) is 11.3. The van der Waals surface area contributed by atoms with Gasteiger partial charge in [-0.1, -0.05) is 6.92 Å². The molecule has 0 aromatic carbocycles. The Bertz CT molecular complexity index is 355. The maximum absolute atomic E-state index is 11.2. The number of carbonyl (C=O) groups is 1. The van der Waals surface area contributed by atoms with Crippen molar-refractivity contribution in [1.82, 2.24) is 4.98 Å². The first kappa shape index (κ1) is 11.8. The molecule has 0 fully saturated rings. The van der Waals surface area contributed by atoms with Gasteiger partial charge in [0.1, 0.15) is 10.7 Å². The molecule has 0 amide bonds. The lowest BCUT2D eigenvalue weighted by atomic mass is 10.3. The van der Waals surface area contributed by atoms with Gasteiger partial charge in [-0.25, -0.2) is 9.78 Å². The van der Waals surface area contributed by atoms with Gasteiger partial charge in [0.25, 0.3) is 0 Å². The SMILES string of the molecule is CCCSc1nc(C(=O)OC)ccc1N. The molecule has 1 aromatic heterocycles. The first-order valence-corrected chi connectivity index (χ1v) is 5.65. The topological polar surface area (TPSA) is 65.2 Å². The fraction of sp³-hybridized carbons (Fsp3) is 0.400. The second-order valence-electron chi connectivity index (χ2n) is 2.93. The van der Waals surface area contributed by atoms with Crippen molar-refractivity contribution >= 4 is 23.4 Å². The van der Waals surface area contributed by atoms with E-state index < -0.39 is 5.97 Å². The van der Waals surface area contributed by atoms with E-state index in [1.807, 2.05) is 0 Å². The minimum Gasteiger partial charge on any atom is -0.464 e. The molecule has 0 spiro atoms. The molecule has 1 aromatic rings. The van der Waals surface area contributed by atoms with Crippen LogP contribution in [0.5, 0.6) is 0 Å². The maximum atomic E-state index is 11.2. The summed E-state index contributed by atoms with van der Waals surface area (Å²) in [6.07, 6.45) is 1.04. The van der Waals surface area contributed by atoms with Crippen LogP contribution in [0.1, 0.15) is 23.8 Å². The first-order chi connectivity index (χ1) is 7.19. The molecule has 0 aliphatic carbocycles. The number of carbonyl (C=O) groups excluding carboxylic acids is 1. The van der Waals surface area contributed by atoms with E-state index in [0.29, 0.717) is 16.4 Å². The van der Waals surface area contributed by atoms with E-state index >= 15 is 0 Å². The lowest BCUT2D eigenvalue weighted by Gasteiger charge is -2.05. The molecule has 2 N–H and O–H groups in total. The van der Waals surface area contributed by atoms with Crippen LogP contribution >= 0.6 is 11.8 Å². The van der Waals surface area contributed by atoms with Gasteiger partial charge in [0.05, 0.1) is 12.8 Å². The molecule has 4 nitrogen and oxygen atoms in total. The summed E-state index contributed by atoms with van der Waals surface area (Å²) in [6, 6.07) is 3.24. The number of nitrogens with zero attached hydrogens (tertiary/aromatic N) is 1. The maximum Gasteiger partial charge on any atom is 0.356 e. The van der Waals surface area contributed by atoms with Crippen LogP contribution < -0.4 is 5.73 Å². The van der Waals surface area contributed by atoms with E-state index in [0.717, 1.165) is 12.2 Å². The molecule has 0 aliphatic rings. The Kier molecular flexibility index (Phi) is 4.42. The van der Waals surface area contributed by atoms with Crippen molar-refractivity contribution in [3.8, 4) is 0 Å². The standard InChI is InChI=1S/C10H14N2O2S/c1-3-6-15-9-7(11)4-5-8(12-9)10(13)14-2/h4-5H,3,6,11H2,1-2H3. The van der Waals surface area contributed by atoms with Crippen LogP contribution in [0, 0.1) is 0 Å². The fourth-order valence-electron chi connectivity index (χ4n) is 0.984. The number of pyridine rings is 1. The van der Waals surface area contributed by atoms with Crippen LogP contribution in [0.3, 0.4) is 0 Å². The first-order valence-electron chi connectivity index (χ1n) is 4.66. The lowest BCUT2D eigenvalue weighted by molar-refractivity contribution is 0.0593. The number of nitrogen functional groups attached to an aromatic ring is 1. The Morgan fingerprint density at radius 3 is 2.93 bits per heavy atom. The monoisotopic (exact) mass is 226 g/mol. The Balaban J connectivity index is 2.89. The van der Waals surface area contributed by atoms with Crippen LogP contribution in [0.4, 0.5) is 5.69 Å². The van der Waals surface area contributed by atoms with Crippen molar-refractivity contribution in [2.24, 2.45) is 0 Å². The average Bonchev–Trinajstić information content (AvgIpc) is 2.27. The number of ether oxygens (including phenoxy) is 1. The minimum absolute atomic E-state index is 0.297. The van der Waals surface area contributed by atoms with Crippen molar-refractivity contribution in [2.45, 2.75) is 18.4 Å². The molecule has 15 heavy (non-hydrogen) atoms. The summed E-state index contributed by atoms with van der Waals surface area (Å²) in [5.74, 6) is 0.496. The van der Waals surface area contributed by atoms with E-state index in [1.54, 1.807) is 23.9 Å². The number of hydrogen-bond acceptors (Lipinski definition) is 5. The number of methoxy groups -OCH3 is 1. The van der Waals surface area contributed by atoms with Gasteiger partial charge in [0.15, 0.2) is 0 Å². The molecule has 1 heterocycles. The predicted molar refractivity (Wildman–Crippen MR) is 61.0 cm³/mol. The third-order valence-electron chi connectivity index (χ3n) is 1.73.